The van der Waals surface area contributed by atoms with Crippen molar-refractivity contribution in [3.8, 4) is 0 Å². The van der Waals surface area contributed by atoms with Gasteiger partial charge in [0.05, 0.1) is 11.5 Å². The maximum Gasteiger partial charge on any atom is 0.227 e. The molecule has 0 aromatic heterocycles. The second kappa shape index (κ2) is 7.28. The van der Waals surface area contributed by atoms with E-state index in [9.17, 15) is 23.1 Å². The Labute approximate surface area is 131 Å². The van der Waals surface area contributed by atoms with Gasteiger partial charge in [0, 0.05) is 6.54 Å². The molecule has 2 N–H and O–H groups in total. The Bertz CT molecular complexity index is 686. The van der Waals surface area contributed by atoms with Gasteiger partial charge in [0.25, 0.3) is 0 Å². The number of aliphatic hydroxyl groups excluding tert-OH is 1. The lowest BCUT2D eigenvalue weighted by Gasteiger charge is -2.16. The number of hydrogen-bond acceptors (Lipinski definition) is 2. The molecule has 0 saturated carbocycles. The van der Waals surface area contributed by atoms with E-state index >= 15 is 0 Å². The number of carbonyl (C=O) groups excluding carboxylic acids is 1. The molecule has 0 radical (unpaired) electrons. The van der Waals surface area contributed by atoms with E-state index in [2.05, 4.69) is 5.32 Å². The summed E-state index contributed by atoms with van der Waals surface area (Å²) in [6, 6.07) is 8.82. The highest BCUT2D eigenvalue weighted by Gasteiger charge is 2.21. The average Bonchev–Trinajstić information content (AvgIpc) is 2.51. The molecule has 2 aromatic rings. The zero-order valence-corrected chi connectivity index (χ0v) is 12.4. The first-order valence-corrected chi connectivity index (χ1v) is 7.05. The third-order valence-electron chi connectivity index (χ3n) is 3.54. The lowest BCUT2D eigenvalue weighted by molar-refractivity contribution is -0.122. The monoisotopic (exact) mass is 323 g/mol. The van der Waals surface area contributed by atoms with Crippen LogP contribution in [-0.4, -0.2) is 17.6 Å². The number of nitrogens with one attached hydrogen (secondary N) is 1. The summed E-state index contributed by atoms with van der Waals surface area (Å²) < 4.78 is 40.2. The Kier molecular flexibility index (Phi) is 5.39. The van der Waals surface area contributed by atoms with Crippen molar-refractivity contribution in [2.24, 2.45) is 0 Å². The second-order valence-electron chi connectivity index (χ2n) is 5.17. The quantitative estimate of drug-likeness (QED) is 0.888. The predicted octanol–water partition coefficient (Wildman–Crippen LogP) is 3.06. The molecule has 3 nitrogen and oxygen atoms in total. The van der Waals surface area contributed by atoms with Crippen molar-refractivity contribution in [3.05, 3.63) is 71.0 Å². The minimum Gasteiger partial charge on any atom is -0.386 e. The maximum absolute atomic E-state index is 13.5. The summed E-state index contributed by atoms with van der Waals surface area (Å²) in [5.74, 6) is -3.37. The number of benzene rings is 2. The van der Waals surface area contributed by atoms with Gasteiger partial charge in [-0.25, -0.2) is 13.2 Å². The van der Waals surface area contributed by atoms with Gasteiger partial charge in [-0.3, -0.25) is 4.79 Å². The van der Waals surface area contributed by atoms with Gasteiger partial charge in [-0.2, -0.15) is 0 Å². The Morgan fingerprint density at radius 1 is 1.13 bits per heavy atom. The van der Waals surface area contributed by atoms with E-state index in [1.807, 2.05) is 0 Å². The van der Waals surface area contributed by atoms with E-state index in [-0.39, 0.29) is 6.54 Å². The van der Waals surface area contributed by atoms with Gasteiger partial charge in [0.1, 0.15) is 23.6 Å². The molecule has 0 spiro atoms. The summed E-state index contributed by atoms with van der Waals surface area (Å²) in [4.78, 5) is 12.0. The maximum atomic E-state index is 13.5. The lowest BCUT2D eigenvalue weighted by atomic mass is 10.00. The van der Waals surface area contributed by atoms with Gasteiger partial charge in [0.2, 0.25) is 5.91 Å². The van der Waals surface area contributed by atoms with Crippen molar-refractivity contribution in [1.82, 2.24) is 5.32 Å². The fourth-order valence-corrected chi connectivity index (χ4v) is 2.21. The third kappa shape index (κ3) is 4.10. The largest absolute Gasteiger partial charge is 0.386 e. The highest BCUT2D eigenvalue weighted by molar-refractivity contribution is 5.83. The van der Waals surface area contributed by atoms with Gasteiger partial charge in [-0.1, -0.05) is 18.2 Å². The smallest absolute Gasteiger partial charge is 0.227 e. The van der Waals surface area contributed by atoms with Crippen LogP contribution in [0.5, 0.6) is 0 Å². The molecule has 2 unspecified atom stereocenters. The van der Waals surface area contributed by atoms with Crippen LogP contribution in [0.3, 0.4) is 0 Å². The number of carbonyl (C=O) groups is 1. The van der Waals surface area contributed by atoms with Crippen molar-refractivity contribution in [1.29, 1.82) is 0 Å². The fourth-order valence-electron chi connectivity index (χ4n) is 2.21. The van der Waals surface area contributed by atoms with Gasteiger partial charge < -0.3 is 10.4 Å². The summed E-state index contributed by atoms with van der Waals surface area (Å²) in [6.07, 6.45) is -1.51. The van der Waals surface area contributed by atoms with E-state index in [0.29, 0.717) is 5.56 Å². The summed E-state index contributed by atoms with van der Waals surface area (Å²) in [5.41, 5.74) is -0.0275. The Balaban J connectivity index is 2.01. The Morgan fingerprint density at radius 3 is 2.35 bits per heavy atom. The Morgan fingerprint density at radius 2 is 1.74 bits per heavy atom. The van der Waals surface area contributed by atoms with Crippen LogP contribution in [0.1, 0.15) is 30.1 Å². The SMILES string of the molecule is CC(C(=O)NCC(O)c1c(F)cccc1F)c1cccc(F)c1. The molecule has 1 amide bonds. The molecule has 0 aliphatic rings. The van der Waals surface area contributed by atoms with E-state index in [1.165, 1.54) is 24.3 Å². The van der Waals surface area contributed by atoms with Crippen LogP contribution in [0.25, 0.3) is 0 Å². The molecule has 23 heavy (non-hydrogen) atoms. The molecule has 0 heterocycles. The summed E-state index contributed by atoms with van der Waals surface area (Å²) >= 11 is 0. The number of aliphatic hydroxyl groups is 1. The normalized spacial score (nSPS) is 13.4. The molecule has 0 fully saturated rings. The van der Waals surface area contributed by atoms with E-state index in [1.54, 1.807) is 13.0 Å². The number of rotatable bonds is 5. The number of hydrogen-bond donors (Lipinski definition) is 2. The van der Waals surface area contributed by atoms with Gasteiger partial charge in [0.15, 0.2) is 0 Å². The van der Waals surface area contributed by atoms with Crippen LogP contribution in [0, 0.1) is 17.5 Å². The second-order valence-corrected chi connectivity index (χ2v) is 5.17. The predicted molar refractivity (Wildman–Crippen MR) is 79.1 cm³/mol. The molecule has 122 valence electrons. The van der Waals surface area contributed by atoms with Crippen molar-refractivity contribution < 1.29 is 23.1 Å². The molecule has 0 aliphatic carbocycles. The van der Waals surface area contributed by atoms with Crippen LogP contribution < -0.4 is 5.32 Å². The highest BCUT2D eigenvalue weighted by atomic mass is 19.1. The molecule has 0 aliphatic heterocycles. The first-order valence-electron chi connectivity index (χ1n) is 7.05. The summed E-state index contributed by atoms with van der Waals surface area (Å²) in [5, 5.41) is 12.3. The van der Waals surface area contributed by atoms with Crippen molar-refractivity contribution in [2.75, 3.05) is 6.54 Å². The summed E-state index contributed by atoms with van der Waals surface area (Å²) in [7, 11) is 0. The number of halogens is 3. The van der Waals surface area contributed by atoms with Gasteiger partial charge in [-0.15, -0.1) is 0 Å². The van der Waals surface area contributed by atoms with Crippen LogP contribution in [-0.2, 0) is 4.79 Å². The fraction of sp³-hybridized carbons (Fsp3) is 0.235. The molecule has 2 atom stereocenters. The molecular weight excluding hydrogens is 307 g/mol. The zero-order chi connectivity index (χ0) is 17.0. The van der Waals surface area contributed by atoms with E-state index in [0.717, 1.165) is 12.1 Å². The zero-order valence-electron chi connectivity index (χ0n) is 12.4. The third-order valence-corrected chi connectivity index (χ3v) is 3.54. The van der Waals surface area contributed by atoms with Crippen LogP contribution in [0.15, 0.2) is 42.5 Å². The number of amides is 1. The van der Waals surface area contributed by atoms with Gasteiger partial charge >= 0.3 is 0 Å². The minimum absolute atomic E-state index is 0.351. The van der Waals surface area contributed by atoms with E-state index in [4.69, 9.17) is 0 Å². The minimum atomic E-state index is -1.51. The molecule has 2 rings (SSSR count). The highest BCUT2D eigenvalue weighted by Crippen LogP contribution is 2.21. The summed E-state index contributed by atoms with van der Waals surface area (Å²) in [6.45, 7) is 1.22. The molecule has 2 aromatic carbocycles. The van der Waals surface area contributed by atoms with Crippen LogP contribution >= 0.6 is 0 Å². The van der Waals surface area contributed by atoms with Gasteiger partial charge in [-0.05, 0) is 36.8 Å². The van der Waals surface area contributed by atoms with Crippen LogP contribution in [0.4, 0.5) is 13.2 Å². The molecule has 0 saturated heterocycles. The molecular formula is C17H16F3NO2. The van der Waals surface area contributed by atoms with Crippen molar-refractivity contribution in [3.63, 3.8) is 0 Å². The topological polar surface area (TPSA) is 49.3 Å². The molecule has 0 bridgehead atoms. The first-order chi connectivity index (χ1) is 10.9. The average molecular weight is 323 g/mol. The van der Waals surface area contributed by atoms with Crippen molar-refractivity contribution >= 4 is 5.91 Å². The standard InChI is InChI=1S/C17H16F3NO2/c1-10(11-4-2-5-12(18)8-11)17(23)21-9-15(22)16-13(19)6-3-7-14(16)20/h2-8,10,15,22H,9H2,1H3,(H,21,23). The first kappa shape index (κ1) is 17.0. The van der Waals surface area contributed by atoms with E-state index < -0.39 is 40.9 Å². The Hall–Kier alpha value is -2.34. The lowest BCUT2D eigenvalue weighted by Crippen LogP contribution is -2.32. The van der Waals surface area contributed by atoms with Crippen LogP contribution in [0.2, 0.25) is 0 Å². The van der Waals surface area contributed by atoms with Crippen molar-refractivity contribution in [2.45, 2.75) is 18.9 Å². The molecule has 6 heteroatoms.